The van der Waals surface area contributed by atoms with Crippen molar-refractivity contribution in [2.75, 3.05) is 13.2 Å². The maximum atomic E-state index is 11.7. The van der Waals surface area contributed by atoms with Gasteiger partial charge in [-0.05, 0) is 32.8 Å². The van der Waals surface area contributed by atoms with Crippen LogP contribution < -0.4 is 5.73 Å². The maximum Gasteiger partial charge on any atom is 0.315 e. The van der Waals surface area contributed by atoms with E-state index in [0.717, 1.165) is 5.56 Å². The van der Waals surface area contributed by atoms with Crippen LogP contribution in [0.25, 0.3) is 0 Å². The Bertz CT molecular complexity index is 411. The number of nitrogens with two attached hydrogens (primary N) is 1. The fourth-order valence-corrected chi connectivity index (χ4v) is 1.97. The molecule has 3 N–H and O–H groups in total. The predicted molar refractivity (Wildman–Crippen MR) is 75.1 cm³/mol. The summed E-state index contributed by atoms with van der Waals surface area (Å²) < 4.78 is 5.64. The molecule has 4 heteroatoms. The Morgan fingerprint density at radius 2 is 1.84 bits per heavy atom. The van der Waals surface area contributed by atoms with Gasteiger partial charge in [-0.2, -0.15) is 0 Å². The van der Waals surface area contributed by atoms with Gasteiger partial charge in [0.2, 0.25) is 0 Å². The molecule has 0 fully saturated rings. The molecule has 0 amide bonds. The molecule has 0 aliphatic carbocycles. The van der Waals surface area contributed by atoms with Crippen LogP contribution in [0.4, 0.5) is 0 Å². The Balaban J connectivity index is 2.92. The molecule has 0 bridgehead atoms. The van der Waals surface area contributed by atoms with Gasteiger partial charge in [0.05, 0.1) is 5.60 Å². The summed E-state index contributed by atoms with van der Waals surface area (Å²) >= 11 is 0. The first kappa shape index (κ1) is 15.7. The zero-order valence-corrected chi connectivity index (χ0v) is 11.8. The number of aliphatic carboxylic acids is 1. The standard InChI is InChI=1S/C15H23NO3/c1-14(2,3)19-10-9-15(11-16,13(17)18)12-7-5-4-6-8-12/h4-8H,9-11,16H2,1-3H3,(H,17,18). The fraction of sp³-hybridized carbons (Fsp3) is 0.533. The van der Waals surface area contributed by atoms with Gasteiger partial charge in [0.1, 0.15) is 5.41 Å². The SMILES string of the molecule is CC(C)(C)OCCC(CN)(C(=O)O)c1ccccc1. The Kier molecular flexibility index (Phi) is 5.09. The lowest BCUT2D eigenvalue weighted by Crippen LogP contribution is -2.44. The molecule has 0 aromatic heterocycles. The number of benzene rings is 1. The molecule has 4 nitrogen and oxygen atoms in total. The lowest BCUT2D eigenvalue weighted by Gasteiger charge is -2.30. The second kappa shape index (κ2) is 6.17. The smallest absolute Gasteiger partial charge is 0.315 e. The van der Waals surface area contributed by atoms with E-state index in [2.05, 4.69) is 0 Å². The average Bonchev–Trinajstić information content (AvgIpc) is 2.34. The van der Waals surface area contributed by atoms with Gasteiger partial charge in [-0.15, -0.1) is 0 Å². The molecule has 19 heavy (non-hydrogen) atoms. The van der Waals surface area contributed by atoms with E-state index in [1.165, 1.54) is 0 Å². The second-order valence-electron chi connectivity index (χ2n) is 5.67. The van der Waals surface area contributed by atoms with Crippen LogP contribution in [0.3, 0.4) is 0 Å². The van der Waals surface area contributed by atoms with Gasteiger partial charge in [-0.25, -0.2) is 0 Å². The molecule has 1 aromatic rings. The van der Waals surface area contributed by atoms with Crippen molar-refractivity contribution in [2.45, 2.75) is 38.2 Å². The molecular weight excluding hydrogens is 242 g/mol. The maximum absolute atomic E-state index is 11.7. The first-order valence-corrected chi connectivity index (χ1v) is 6.45. The van der Waals surface area contributed by atoms with Crippen LogP contribution in [0.5, 0.6) is 0 Å². The number of rotatable bonds is 6. The molecule has 106 valence electrons. The Labute approximate surface area is 114 Å². The van der Waals surface area contributed by atoms with Crippen molar-refractivity contribution >= 4 is 5.97 Å². The minimum absolute atomic E-state index is 0.0554. The monoisotopic (exact) mass is 265 g/mol. The normalized spacial score (nSPS) is 14.9. The molecule has 0 saturated heterocycles. The van der Waals surface area contributed by atoms with Gasteiger partial charge in [-0.3, -0.25) is 4.79 Å². The van der Waals surface area contributed by atoms with Crippen molar-refractivity contribution in [1.29, 1.82) is 0 Å². The molecule has 1 unspecified atom stereocenters. The summed E-state index contributed by atoms with van der Waals surface area (Å²) in [6, 6.07) is 9.12. The molecule has 1 aromatic carbocycles. The molecule has 0 aliphatic rings. The molecule has 0 radical (unpaired) electrons. The van der Waals surface area contributed by atoms with E-state index in [9.17, 15) is 9.90 Å². The summed E-state index contributed by atoms with van der Waals surface area (Å²) in [6.07, 6.45) is 0.361. The van der Waals surface area contributed by atoms with Crippen molar-refractivity contribution in [2.24, 2.45) is 5.73 Å². The van der Waals surface area contributed by atoms with Gasteiger partial charge in [0.25, 0.3) is 0 Å². The van der Waals surface area contributed by atoms with E-state index in [-0.39, 0.29) is 12.1 Å². The van der Waals surface area contributed by atoms with Crippen LogP contribution in [0.2, 0.25) is 0 Å². The highest BCUT2D eigenvalue weighted by Gasteiger charge is 2.39. The van der Waals surface area contributed by atoms with Crippen LogP contribution in [-0.4, -0.2) is 29.8 Å². The first-order chi connectivity index (χ1) is 8.82. The summed E-state index contributed by atoms with van der Waals surface area (Å²) in [6.45, 7) is 6.25. The molecule has 0 aliphatic heterocycles. The van der Waals surface area contributed by atoms with Gasteiger partial charge in [0, 0.05) is 13.2 Å². The lowest BCUT2D eigenvalue weighted by atomic mass is 9.78. The number of carboxylic acid groups (broad SMARTS) is 1. The van der Waals surface area contributed by atoms with E-state index < -0.39 is 11.4 Å². The van der Waals surface area contributed by atoms with Crippen LogP contribution in [0, 0.1) is 0 Å². The Hall–Kier alpha value is -1.39. The highest BCUT2D eigenvalue weighted by molar-refractivity contribution is 5.81. The number of hydrogen-bond acceptors (Lipinski definition) is 3. The highest BCUT2D eigenvalue weighted by Crippen LogP contribution is 2.28. The van der Waals surface area contributed by atoms with E-state index in [1.807, 2.05) is 39.0 Å². The minimum atomic E-state index is -1.08. The highest BCUT2D eigenvalue weighted by atomic mass is 16.5. The molecular formula is C15H23NO3. The summed E-state index contributed by atoms with van der Waals surface area (Å²) in [5.74, 6) is -0.904. The Morgan fingerprint density at radius 3 is 2.26 bits per heavy atom. The number of hydrogen-bond donors (Lipinski definition) is 2. The fourth-order valence-electron chi connectivity index (χ4n) is 1.97. The molecule has 1 rings (SSSR count). The van der Waals surface area contributed by atoms with Gasteiger partial charge in [0.15, 0.2) is 0 Å². The minimum Gasteiger partial charge on any atom is -0.481 e. The molecule has 0 heterocycles. The van der Waals surface area contributed by atoms with Crippen LogP contribution in [-0.2, 0) is 14.9 Å². The summed E-state index contributed by atoms with van der Waals surface area (Å²) in [4.78, 5) is 11.7. The van der Waals surface area contributed by atoms with Crippen LogP contribution in [0.15, 0.2) is 30.3 Å². The number of carbonyl (C=O) groups is 1. The molecule has 0 spiro atoms. The van der Waals surface area contributed by atoms with Crippen molar-refractivity contribution < 1.29 is 14.6 Å². The van der Waals surface area contributed by atoms with Crippen LogP contribution in [0.1, 0.15) is 32.8 Å². The van der Waals surface area contributed by atoms with Crippen molar-refractivity contribution in [3.8, 4) is 0 Å². The topological polar surface area (TPSA) is 72.5 Å². The average molecular weight is 265 g/mol. The molecule has 1 atom stereocenters. The number of ether oxygens (including phenoxy) is 1. The largest absolute Gasteiger partial charge is 0.481 e. The zero-order chi connectivity index (χ0) is 14.5. The third kappa shape index (κ3) is 4.04. The molecule has 0 saturated carbocycles. The van der Waals surface area contributed by atoms with E-state index in [0.29, 0.717) is 13.0 Å². The zero-order valence-electron chi connectivity index (χ0n) is 11.8. The summed E-state index contributed by atoms with van der Waals surface area (Å²) in [5.41, 5.74) is 5.12. The van der Waals surface area contributed by atoms with E-state index >= 15 is 0 Å². The van der Waals surface area contributed by atoms with E-state index in [4.69, 9.17) is 10.5 Å². The third-order valence-corrected chi connectivity index (χ3v) is 3.15. The van der Waals surface area contributed by atoms with Crippen LogP contribution >= 0.6 is 0 Å². The van der Waals surface area contributed by atoms with Crippen molar-refractivity contribution in [1.82, 2.24) is 0 Å². The summed E-state index contributed by atoms with van der Waals surface area (Å²) in [7, 11) is 0. The van der Waals surface area contributed by atoms with E-state index in [1.54, 1.807) is 12.1 Å². The van der Waals surface area contributed by atoms with Crippen molar-refractivity contribution in [3.63, 3.8) is 0 Å². The van der Waals surface area contributed by atoms with Gasteiger partial charge < -0.3 is 15.6 Å². The second-order valence-corrected chi connectivity index (χ2v) is 5.67. The quantitative estimate of drug-likeness (QED) is 0.827. The lowest BCUT2D eigenvalue weighted by molar-refractivity contribution is -0.145. The van der Waals surface area contributed by atoms with Gasteiger partial charge in [-0.1, -0.05) is 30.3 Å². The van der Waals surface area contributed by atoms with Crippen molar-refractivity contribution in [3.05, 3.63) is 35.9 Å². The number of carboxylic acids is 1. The van der Waals surface area contributed by atoms with Gasteiger partial charge >= 0.3 is 5.97 Å². The third-order valence-electron chi connectivity index (χ3n) is 3.15. The Morgan fingerprint density at radius 1 is 1.26 bits per heavy atom. The first-order valence-electron chi connectivity index (χ1n) is 6.45. The summed E-state index contributed by atoms with van der Waals surface area (Å²) in [5, 5.41) is 9.57. The predicted octanol–water partition coefficient (Wildman–Crippen LogP) is 2.17.